The van der Waals surface area contributed by atoms with Gasteiger partial charge in [-0.1, -0.05) is 71.7 Å². The molecule has 0 atom stereocenters. The van der Waals surface area contributed by atoms with Crippen LogP contribution in [0.25, 0.3) is 6.08 Å². The van der Waals surface area contributed by atoms with Crippen molar-refractivity contribution in [1.82, 2.24) is 0 Å². The van der Waals surface area contributed by atoms with E-state index in [0.29, 0.717) is 32.9 Å². The first kappa shape index (κ1) is 25.9. The maximum atomic E-state index is 12.4. The number of amides is 1. The molecule has 0 radical (unpaired) electrons. The maximum Gasteiger partial charge on any atom is 0.344 e. The van der Waals surface area contributed by atoms with Crippen molar-refractivity contribution in [2.24, 2.45) is 4.99 Å². The Kier molecular flexibility index (Phi) is 8.83. The number of esters is 1. The smallest absolute Gasteiger partial charge is 0.344 e. The number of hydrogen-bond acceptors (Lipinski definition) is 6. The monoisotopic (exact) mass is 519 g/mol. The van der Waals surface area contributed by atoms with Gasteiger partial charge in [-0.15, -0.1) is 0 Å². The number of aliphatic hydroxyl groups is 1. The largest absolute Gasteiger partial charge is 0.506 e. The summed E-state index contributed by atoms with van der Waals surface area (Å²) in [5, 5.41) is 11.4. The Hall–Kier alpha value is -2.74. The highest BCUT2D eigenvalue weighted by Gasteiger charge is 2.33. The third-order valence-corrected chi connectivity index (χ3v) is 6.30. The van der Waals surface area contributed by atoms with Gasteiger partial charge < -0.3 is 14.6 Å². The molecule has 2 aromatic rings. The molecule has 0 unspecified atom stereocenters. The van der Waals surface area contributed by atoms with Gasteiger partial charge in [0.25, 0.3) is 0 Å². The number of halogens is 2. The minimum atomic E-state index is -0.755. The molecule has 0 saturated heterocycles. The Labute approximate surface area is 212 Å². The summed E-state index contributed by atoms with van der Waals surface area (Å²) >= 11 is 13.8. The summed E-state index contributed by atoms with van der Waals surface area (Å²) in [4.78, 5) is 28.5. The predicted molar refractivity (Wildman–Crippen MR) is 137 cm³/mol. The van der Waals surface area contributed by atoms with E-state index in [2.05, 4.69) is 4.99 Å². The Morgan fingerprint density at radius 2 is 1.76 bits per heavy atom. The number of thioether (sulfide) groups is 1. The molecule has 1 amide bonds. The number of hydrogen-bond donors (Lipinski definition) is 1. The van der Waals surface area contributed by atoms with E-state index in [1.807, 2.05) is 31.2 Å². The highest BCUT2D eigenvalue weighted by atomic mass is 35.5. The minimum Gasteiger partial charge on any atom is -0.506 e. The van der Waals surface area contributed by atoms with Crippen molar-refractivity contribution in [2.75, 3.05) is 6.61 Å². The van der Waals surface area contributed by atoms with Crippen LogP contribution in [-0.2, 0) is 20.9 Å². The van der Waals surface area contributed by atoms with Crippen molar-refractivity contribution in [1.29, 1.82) is 0 Å². The fraction of sp³-hybridized carbons (Fsp3) is 0.240. The molecule has 0 bridgehead atoms. The number of nitrogens with zero attached hydrogens (tertiary/aromatic N) is 1. The third kappa shape index (κ3) is 6.23. The minimum absolute atomic E-state index is 0.0873. The molecule has 178 valence electrons. The Morgan fingerprint density at radius 3 is 2.35 bits per heavy atom. The van der Waals surface area contributed by atoms with Crippen molar-refractivity contribution in [3.05, 3.63) is 79.4 Å². The van der Waals surface area contributed by atoms with Crippen LogP contribution >= 0.6 is 35.0 Å². The first-order chi connectivity index (χ1) is 16.2. The van der Waals surface area contributed by atoms with E-state index in [1.54, 1.807) is 32.1 Å². The van der Waals surface area contributed by atoms with Crippen molar-refractivity contribution in [2.45, 2.75) is 33.8 Å². The van der Waals surface area contributed by atoms with E-state index in [0.717, 1.165) is 22.9 Å². The topological polar surface area (TPSA) is 85.2 Å². The average molecular weight is 520 g/mol. The quantitative estimate of drug-likeness (QED) is 0.410. The van der Waals surface area contributed by atoms with Crippen LogP contribution in [-0.4, -0.2) is 28.6 Å². The van der Waals surface area contributed by atoms with Crippen LogP contribution in [0.1, 0.15) is 37.0 Å². The molecule has 0 aliphatic carbocycles. The summed E-state index contributed by atoms with van der Waals surface area (Å²) in [5.41, 5.74) is 2.55. The summed E-state index contributed by atoms with van der Waals surface area (Å²) in [6.45, 7) is 5.72. The number of benzene rings is 2. The number of aliphatic imine (C=N–C) groups is 1. The first-order valence-electron chi connectivity index (χ1n) is 10.5. The molecule has 1 heterocycles. The third-order valence-electron chi connectivity index (χ3n) is 4.72. The lowest BCUT2D eigenvalue weighted by atomic mass is 10.1. The van der Waals surface area contributed by atoms with Gasteiger partial charge in [0, 0.05) is 6.42 Å². The normalized spacial score (nSPS) is 15.8. The maximum absolute atomic E-state index is 12.4. The molecule has 0 aromatic heterocycles. The summed E-state index contributed by atoms with van der Waals surface area (Å²) in [7, 11) is 0. The molecule has 1 N–H and O–H groups in total. The molecule has 6 nitrogen and oxygen atoms in total. The number of carbonyl (C=O) groups excluding carboxylic acids is 2. The summed E-state index contributed by atoms with van der Waals surface area (Å²) in [6.07, 6.45) is 1.76. The van der Waals surface area contributed by atoms with Gasteiger partial charge in [-0.3, -0.25) is 4.79 Å². The van der Waals surface area contributed by atoms with Crippen LogP contribution < -0.4 is 4.74 Å². The second-order valence-corrected chi connectivity index (χ2v) is 9.15. The molecule has 9 heteroatoms. The molecule has 3 rings (SSSR count). The molecule has 34 heavy (non-hydrogen) atoms. The fourth-order valence-electron chi connectivity index (χ4n) is 2.98. The zero-order valence-electron chi connectivity index (χ0n) is 18.9. The number of aliphatic hydroxyl groups excluding tert-OH is 1. The van der Waals surface area contributed by atoms with E-state index in [1.165, 1.54) is 0 Å². The Bertz CT molecular complexity index is 1180. The number of ether oxygens (including phenoxy) is 2. The van der Waals surface area contributed by atoms with Crippen molar-refractivity contribution < 1.29 is 24.2 Å². The highest BCUT2D eigenvalue weighted by molar-refractivity contribution is 8.18. The van der Waals surface area contributed by atoms with Gasteiger partial charge in [0.2, 0.25) is 5.91 Å². The highest BCUT2D eigenvalue weighted by Crippen LogP contribution is 2.41. The summed E-state index contributed by atoms with van der Waals surface area (Å²) in [6, 6.07) is 11.2. The van der Waals surface area contributed by atoms with Crippen LogP contribution in [0.3, 0.4) is 0 Å². The second-order valence-electron chi connectivity index (χ2n) is 7.31. The van der Waals surface area contributed by atoms with E-state index >= 15 is 0 Å². The second kappa shape index (κ2) is 11.6. The van der Waals surface area contributed by atoms with Crippen LogP contribution in [0.15, 0.2) is 57.6 Å². The Morgan fingerprint density at radius 1 is 1.12 bits per heavy atom. The van der Waals surface area contributed by atoms with Crippen LogP contribution in [0, 0.1) is 6.92 Å². The zero-order chi connectivity index (χ0) is 24.8. The first-order valence-corrected chi connectivity index (χ1v) is 12.1. The summed E-state index contributed by atoms with van der Waals surface area (Å²) in [5.74, 6) is -1.15. The van der Waals surface area contributed by atoms with E-state index < -0.39 is 11.9 Å². The van der Waals surface area contributed by atoms with E-state index in [9.17, 15) is 14.7 Å². The molecular formula is C25H23Cl2NO5S. The molecular weight excluding hydrogens is 497 g/mol. The van der Waals surface area contributed by atoms with Gasteiger partial charge in [-0.2, -0.15) is 0 Å². The Balaban J connectivity index is 1.89. The number of rotatable bonds is 7. The number of aryl methyl sites for hydroxylation is 1. The van der Waals surface area contributed by atoms with Gasteiger partial charge in [-0.05, 0) is 43.2 Å². The average Bonchev–Trinajstić information content (AvgIpc) is 3.08. The molecule has 1 aliphatic rings. The lowest BCUT2D eigenvalue weighted by molar-refractivity contribution is -0.138. The van der Waals surface area contributed by atoms with Crippen LogP contribution in [0.4, 0.5) is 0 Å². The molecule has 1 aliphatic heterocycles. The number of carbonyl (C=O) groups is 2. The van der Waals surface area contributed by atoms with Gasteiger partial charge in [0.1, 0.15) is 23.0 Å². The molecule has 0 fully saturated rings. The van der Waals surface area contributed by atoms with Crippen molar-refractivity contribution >= 4 is 58.0 Å². The molecule has 0 spiro atoms. The van der Waals surface area contributed by atoms with Crippen LogP contribution in [0.5, 0.6) is 5.75 Å². The van der Waals surface area contributed by atoms with E-state index in [-0.39, 0.29) is 29.4 Å². The fourth-order valence-corrected chi connectivity index (χ4v) is 4.62. The summed E-state index contributed by atoms with van der Waals surface area (Å²) < 4.78 is 10.8. The van der Waals surface area contributed by atoms with Gasteiger partial charge in [-0.25, -0.2) is 9.79 Å². The lowest BCUT2D eigenvalue weighted by Crippen LogP contribution is -2.14. The molecule has 2 aromatic carbocycles. The predicted octanol–water partition coefficient (Wildman–Crippen LogP) is 6.68. The zero-order valence-corrected chi connectivity index (χ0v) is 21.2. The standard InChI is InChI=1S/C25H23Cl2NO5S/c1-4-20(29)28-24-21(25(31)32-5-2)22(30)19(34-24)12-16-10-17(26)23(18(27)11-16)33-13-15-8-6-14(3)7-9-15/h6-12,30H,4-5,13H2,1-3H3/b19-12-,28-24?. The van der Waals surface area contributed by atoms with Crippen LogP contribution in [0.2, 0.25) is 10.0 Å². The van der Waals surface area contributed by atoms with Crippen molar-refractivity contribution in [3.63, 3.8) is 0 Å². The molecule has 0 saturated carbocycles. The van der Waals surface area contributed by atoms with Gasteiger partial charge in [0.15, 0.2) is 5.75 Å². The van der Waals surface area contributed by atoms with Gasteiger partial charge >= 0.3 is 5.97 Å². The van der Waals surface area contributed by atoms with Crippen molar-refractivity contribution in [3.8, 4) is 5.75 Å². The SMILES string of the molecule is CCOC(=O)C1=C(O)/C(=C/c2cc(Cl)c(OCc3ccc(C)cc3)c(Cl)c2)SC1=NC(=O)CC. The lowest BCUT2D eigenvalue weighted by Gasteiger charge is -2.11. The van der Waals surface area contributed by atoms with E-state index in [4.69, 9.17) is 32.7 Å². The van der Waals surface area contributed by atoms with Gasteiger partial charge in [0.05, 0.1) is 21.6 Å².